The third-order valence-corrected chi connectivity index (χ3v) is 6.72. The number of hydrogen-bond acceptors (Lipinski definition) is 1. The van der Waals surface area contributed by atoms with Crippen molar-refractivity contribution >= 4 is 45.2 Å². The SMILES string of the molecule is O=C(O)CCCCCCCCCCCCCCCC[Si](Cl)(Cl)Cl. The number of halogens is 3. The summed E-state index contributed by atoms with van der Waals surface area (Å²) in [5.41, 5.74) is 0. The average Bonchev–Trinajstić information content (AvgIpc) is 2.45. The summed E-state index contributed by atoms with van der Waals surface area (Å²) in [6, 6.07) is -1.58. The Balaban J connectivity index is 3.04. The highest BCUT2D eigenvalue weighted by atomic mass is 35.8. The maximum atomic E-state index is 10.4. The number of rotatable bonds is 17. The van der Waals surface area contributed by atoms with Gasteiger partial charge in [0.15, 0.2) is 0 Å². The minimum Gasteiger partial charge on any atom is -0.481 e. The van der Waals surface area contributed by atoms with E-state index >= 15 is 0 Å². The molecule has 0 aliphatic heterocycles. The van der Waals surface area contributed by atoms with E-state index in [1.807, 2.05) is 0 Å². The van der Waals surface area contributed by atoms with E-state index in [2.05, 4.69) is 0 Å². The third-order valence-electron chi connectivity index (χ3n) is 4.10. The average molecular weight is 404 g/mol. The summed E-state index contributed by atoms with van der Waals surface area (Å²) in [4.78, 5) is 10.4. The summed E-state index contributed by atoms with van der Waals surface area (Å²) in [6.45, 7) is 0. The van der Waals surface area contributed by atoms with Crippen molar-refractivity contribution in [2.24, 2.45) is 0 Å². The Hall–Kier alpha value is 0.557. The Kier molecular flexibility index (Phi) is 16.4. The summed E-state index contributed by atoms with van der Waals surface area (Å²) in [6.07, 6.45) is 17.5. The van der Waals surface area contributed by atoms with Crippen LogP contribution in [0.4, 0.5) is 0 Å². The van der Waals surface area contributed by atoms with Crippen molar-refractivity contribution < 1.29 is 9.90 Å². The molecule has 2 nitrogen and oxygen atoms in total. The maximum Gasteiger partial charge on any atom is 0.341 e. The fourth-order valence-corrected chi connectivity index (χ4v) is 4.58. The van der Waals surface area contributed by atoms with E-state index in [0.29, 0.717) is 6.42 Å². The van der Waals surface area contributed by atoms with E-state index in [-0.39, 0.29) is 0 Å². The zero-order valence-electron chi connectivity index (χ0n) is 14.3. The summed E-state index contributed by atoms with van der Waals surface area (Å²) < 4.78 is 0. The van der Waals surface area contributed by atoms with Crippen LogP contribution < -0.4 is 0 Å². The molecule has 0 saturated heterocycles. The molecular weight excluding hydrogens is 371 g/mol. The zero-order chi connectivity index (χ0) is 17.4. The van der Waals surface area contributed by atoms with Crippen LogP contribution in [-0.4, -0.2) is 17.1 Å². The molecule has 0 aromatic heterocycles. The van der Waals surface area contributed by atoms with Gasteiger partial charge in [-0.3, -0.25) is 4.79 Å². The molecule has 0 unspecified atom stereocenters. The molecule has 0 aromatic carbocycles. The largest absolute Gasteiger partial charge is 0.481 e. The Morgan fingerprint density at radius 2 is 0.913 bits per heavy atom. The lowest BCUT2D eigenvalue weighted by atomic mass is 10.0. The van der Waals surface area contributed by atoms with E-state index < -0.39 is 12.0 Å². The van der Waals surface area contributed by atoms with Crippen molar-refractivity contribution in [3.8, 4) is 0 Å². The molecule has 0 radical (unpaired) electrons. The van der Waals surface area contributed by atoms with Crippen molar-refractivity contribution in [3.63, 3.8) is 0 Å². The molecule has 0 amide bonds. The summed E-state index contributed by atoms with van der Waals surface area (Å²) >= 11 is 17.6. The van der Waals surface area contributed by atoms with E-state index in [9.17, 15) is 4.79 Å². The fourth-order valence-electron chi connectivity index (χ4n) is 2.72. The predicted octanol–water partition coefficient (Wildman–Crippen LogP) is 7.58. The van der Waals surface area contributed by atoms with Crippen LogP contribution in [0.5, 0.6) is 0 Å². The van der Waals surface area contributed by atoms with Crippen LogP contribution in [0.15, 0.2) is 0 Å². The third kappa shape index (κ3) is 22.6. The highest BCUT2D eigenvalue weighted by Crippen LogP contribution is 2.27. The Bertz CT molecular complexity index is 284. The minimum absolute atomic E-state index is 0.326. The van der Waals surface area contributed by atoms with Gasteiger partial charge >= 0.3 is 12.0 Å². The van der Waals surface area contributed by atoms with Gasteiger partial charge in [0.2, 0.25) is 0 Å². The highest BCUT2D eigenvalue weighted by Gasteiger charge is 2.23. The monoisotopic (exact) mass is 402 g/mol. The van der Waals surface area contributed by atoms with Crippen LogP contribution in [-0.2, 0) is 4.79 Å². The normalized spacial score (nSPS) is 11.8. The number of carboxylic acids is 1. The summed E-state index contributed by atoms with van der Waals surface area (Å²) in [5, 5.41) is 8.54. The van der Waals surface area contributed by atoms with Gasteiger partial charge in [-0.05, 0) is 12.5 Å². The first kappa shape index (κ1) is 23.6. The van der Waals surface area contributed by atoms with Gasteiger partial charge in [0.1, 0.15) is 0 Å². The molecule has 1 N–H and O–H groups in total. The molecule has 0 saturated carbocycles. The number of hydrogen-bond donors (Lipinski definition) is 1. The molecule has 23 heavy (non-hydrogen) atoms. The van der Waals surface area contributed by atoms with Gasteiger partial charge in [-0.15, -0.1) is 33.2 Å². The molecule has 0 aliphatic rings. The lowest BCUT2D eigenvalue weighted by molar-refractivity contribution is -0.137. The fraction of sp³-hybridized carbons (Fsp3) is 0.941. The first-order valence-electron chi connectivity index (χ1n) is 9.20. The predicted molar refractivity (Wildman–Crippen MR) is 105 cm³/mol. The van der Waals surface area contributed by atoms with Gasteiger partial charge in [0.05, 0.1) is 0 Å². The summed E-state index contributed by atoms with van der Waals surface area (Å²) in [5.74, 6) is -0.669. The second kappa shape index (κ2) is 16.0. The number of unbranched alkanes of at least 4 members (excludes halogenated alkanes) is 13. The quantitative estimate of drug-likeness (QED) is 0.154. The lowest BCUT2D eigenvalue weighted by Gasteiger charge is -2.06. The standard InChI is InChI=1S/C17H33Cl3O2Si/c18-23(19,20)16-14-12-10-8-6-4-2-1-3-5-7-9-11-13-15-17(21)22/h1-16H2,(H,21,22). The van der Waals surface area contributed by atoms with Crippen LogP contribution in [0, 0.1) is 0 Å². The molecule has 0 heterocycles. The van der Waals surface area contributed by atoms with Crippen molar-refractivity contribution in [2.75, 3.05) is 0 Å². The zero-order valence-corrected chi connectivity index (χ0v) is 17.6. The van der Waals surface area contributed by atoms with E-state index in [1.54, 1.807) is 0 Å². The molecule has 6 heteroatoms. The molecule has 0 aromatic rings. The molecule has 0 rings (SSSR count). The van der Waals surface area contributed by atoms with E-state index in [0.717, 1.165) is 25.3 Å². The van der Waals surface area contributed by atoms with Gasteiger partial charge in [0.25, 0.3) is 0 Å². The van der Waals surface area contributed by atoms with Crippen molar-refractivity contribution in [3.05, 3.63) is 0 Å². The van der Waals surface area contributed by atoms with Gasteiger partial charge in [-0.2, -0.15) is 0 Å². The molecule has 0 bridgehead atoms. The van der Waals surface area contributed by atoms with Gasteiger partial charge in [-0.1, -0.05) is 83.5 Å². The number of carbonyl (C=O) groups is 1. The maximum absolute atomic E-state index is 10.4. The van der Waals surface area contributed by atoms with Crippen LogP contribution in [0.2, 0.25) is 6.04 Å². The molecule has 0 fully saturated rings. The smallest absolute Gasteiger partial charge is 0.341 e. The van der Waals surface area contributed by atoms with Crippen molar-refractivity contribution in [2.45, 2.75) is 102 Å². The number of aliphatic carboxylic acids is 1. The Labute approximate surface area is 157 Å². The highest BCUT2D eigenvalue weighted by molar-refractivity contribution is 7.64. The molecule has 0 aliphatic carbocycles. The van der Waals surface area contributed by atoms with Crippen LogP contribution in [0.3, 0.4) is 0 Å². The lowest BCUT2D eigenvalue weighted by Crippen LogP contribution is -2.07. The van der Waals surface area contributed by atoms with Crippen molar-refractivity contribution in [1.29, 1.82) is 0 Å². The first-order valence-corrected chi connectivity index (χ1v) is 14.4. The number of carboxylic acid groups (broad SMARTS) is 1. The van der Waals surface area contributed by atoms with Crippen LogP contribution in [0.25, 0.3) is 0 Å². The first-order chi connectivity index (χ1) is 10.9. The molecule has 0 spiro atoms. The Morgan fingerprint density at radius 1 is 0.609 bits per heavy atom. The van der Waals surface area contributed by atoms with Crippen LogP contribution in [0.1, 0.15) is 96.3 Å². The van der Waals surface area contributed by atoms with Crippen molar-refractivity contribution in [1.82, 2.24) is 0 Å². The second-order valence-electron chi connectivity index (χ2n) is 6.46. The Morgan fingerprint density at radius 3 is 1.22 bits per heavy atom. The second-order valence-corrected chi connectivity index (χ2v) is 15.7. The summed E-state index contributed by atoms with van der Waals surface area (Å²) in [7, 11) is 0. The van der Waals surface area contributed by atoms with Crippen LogP contribution >= 0.6 is 33.2 Å². The molecule has 138 valence electrons. The molecular formula is C17H33Cl3O2Si. The van der Waals surface area contributed by atoms with E-state index in [4.69, 9.17) is 38.3 Å². The van der Waals surface area contributed by atoms with Gasteiger partial charge in [0, 0.05) is 6.42 Å². The van der Waals surface area contributed by atoms with Gasteiger partial charge in [-0.25, -0.2) is 0 Å². The molecule has 0 atom stereocenters. The minimum atomic E-state index is -2.38. The van der Waals surface area contributed by atoms with Gasteiger partial charge < -0.3 is 5.11 Å². The topological polar surface area (TPSA) is 37.3 Å². The van der Waals surface area contributed by atoms with E-state index in [1.165, 1.54) is 70.6 Å².